The molecule has 0 saturated heterocycles. The number of rotatable bonds is 7. The van der Waals surface area contributed by atoms with Gasteiger partial charge in [0.25, 0.3) is 10.0 Å². The number of nitrogens with zero attached hydrogens (tertiary/aromatic N) is 1. The highest BCUT2D eigenvalue weighted by molar-refractivity contribution is 7.93. The lowest BCUT2D eigenvalue weighted by atomic mass is 9.94. The first kappa shape index (κ1) is 22.7. The summed E-state index contributed by atoms with van der Waals surface area (Å²) in [4.78, 5) is 3.28. The van der Waals surface area contributed by atoms with Crippen molar-refractivity contribution in [3.8, 4) is 0 Å². The molecule has 1 aromatic heterocycles. The van der Waals surface area contributed by atoms with E-state index in [1.54, 1.807) is 17.5 Å². The zero-order valence-corrected chi connectivity index (χ0v) is 19.0. The summed E-state index contributed by atoms with van der Waals surface area (Å²) >= 11 is 7.35. The lowest BCUT2D eigenvalue weighted by Crippen LogP contribution is -2.39. The minimum Gasteiger partial charge on any atom is -0.382 e. The van der Waals surface area contributed by atoms with E-state index >= 15 is 0 Å². The maximum absolute atomic E-state index is 14.7. The number of hydrogen-bond donors (Lipinski definition) is 3. The van der Waals surface area contributed by atoms with Gasteiger partial charge in [-0.15, -0.1) is 11.3 Å². The van der Waals surface area contributed by atoms with Crippen LogP contribution in [0.5, 0.6) is 0 Å². The zero-order valence-electron chi connectivity index (χ0n) is 16.6. The highest BCUT2D eigenvalue weighted by Gasteiger charge is 2.24. The van der Waals surface area contributed by atoms with Gasteiger partial charge in [-0.05, 0) is 48.4 Å². The number of nitrogens with one attached hydrogen (secondary N) is 3. The van der Waals surface area contributed by atoms with Gasteiger partial charge >= 0.3 is 0 Å². The Kier molecular flexibility index (Phi) is 6.75. The molecule has 32 heavy (non-hydrogen) atoms. The van der Waals surface area contributed by atoms with Gasteiger partial charge in [-0.3, -0.25) is 4.72 Å². The van der Waals surface area contributed by atoms with Crippen LogP contribution in [0.25, 0.3) is 5.57 Å². The van der Waals surface area contributed by atoms with Gasteiger partial charge < -0.3 is 10.6 Å². The Hall–Kier alpha value is -2.53. The predicted molar refractivity (Wildman–Crippen MR) is 124 cm³/mol. The largest absolute Gasteiger partial charge is 0.382 e. The van der Waals surface area contributed by atoms with Crippen LogP contribution in [-0.4, -0.2) is 32.5 Å². The summed E-state index contributed by atoms with van der Waals surface area (Å²) in [6, 6.07) is 8.23. The fraction of sp³-hybridized carbons (Fsp3) is 0.190. The van der Waals surface area contributed by atoms with E-state index in [0.717, 1.165) is 47.6 Å². The molecule has 0 aliphatic carbocycles. The van der Waals surface area contributed by atoms with Gasteiger partial charge in [0.1, 0.15) is 16.5 Å². The van der Waals surface area contributed by atoms with Crippen LogP contribution in [0, 0.1) is 11.6 Å². The van der Waals surface area contributed by atoms with Crippen molar-refractivity contribution in [2.45, 2.75) is 17.4 Å². The smallest absolute Gasteiger partial charge is 0.266 e. The first-order valence-corrected chi connectivity index (χ1v) is 12.4. The third kappa shape index (κ3) is 5.09. The molecule has 3 N–H and O–H groups in total. The van der Waals surface area contributed by atoms with Crippen molar-refractivity contribution in [1.82, 2.24) is 10.3 Å². The van der Waals surface area contributed by atoms with Crippen molar-refractivity contribution in [3.63, 3.8) is 0 Å². The Labute approximate surface area is 193 Å². The van der Waals surface area contributed by atoms with Crippen molar-refractivity contribution in [1.29, 1.82) is 0 Å². The topological polar surface area (TPSA) is 83.1 Å². The van der Waals surface area contributed by atoms with Gasteiger partial charge in [0.05, 0.1) is 10.7 Å². The first-order valence-electron chi connectivity index (χ1n) is 9.68. The van der Waals surface area contributed by atoms with Crippen LogP contribution >= 0.6 is 22.9 Å². The Balaban J connectivity index is 1.51. The predicted octanol–water partition coefficient (Wildman–Crippen LogP) is 4.73. The number of thiazole rings is 1. The maximum atomic E-state index is 14.7. The van der Waals surface area contributed by atoms with Crippen molar-refractivity contribution in [2.75, 3.05) is 23.1 Å². The minimum absolute atomic E-state index is 0.0639. The molecule has 4 rings (SSSR count). The quantitative estimate of drug-likeness (QED) is 0.440. The van der Waals surface area contributed by atoms with Crippen molar-refractivity contribution >= 4 is 49.4 Å². The molecule has 11 heteroatoms. The molecule has 2 aromatic carbocycles. The molecular weight excluding hydrogens is 478 g/mol. The highest BCUT2D eigenvalue weighted by atomic mass is 35.5. The molecule has 1 atom stereocenters. The van der Waals surface area contributed by atoms with Gasteiger partial charge in [0, 0.05) is 24.2 Å². The van der Waals surface area contributed by atoms with E-state index in [-0.39, 0.29) is 27.7 Å². The number of halogens is 3. The van der Waals surface area contributed by atoms with Crippen molar-refractivity contribution < 1.29 is 17.2 Å². The minimum atomic E-state index is -4.18. The summed E-state index contributed by atoms with van der Waals surface area (Å²) < 4.78 is 55.2. The van der Waals surface area contributed by atoms with Crippen LogP contribution in [0.4, 0.5) is 19.6 Å². The average molecular weight is 497 g/mol. The van der Waals surface area contributed by atoms with Crippen molar-refractivity contribution in [3.05, 3.63) is 76.3 Å². The third-order valence-corrected chi connectivity index (χ3v) is 7.40. The molecule has 0 fully saturated rings. The van der Waals surface area contributed by atoms with Crippen LogP contribution < -0.4 is 15.4 Å². The molecule has 0 spiro atoms. The molecule has 3 aromatic rings. The standard InChI is InChI=1S/C21H19ClF2N4O2S2/c22-16-10-20(32(29,30)28-21-26-8-9-31-21)17(24)11-18(16)27-12-19-15(2-1-7-25-19)13-3-5-14(23)6-4-13/h2-6,8-11,19,25,27H,1,7,12H2,(H,26,28). The molecular formula is C21H19ClF2N4O2S2. The number of hydrogen-bond acceptors (Lipinski definition) is 6. The van der Waals surface area contributed by atoms with E-state index in [1.165, 1.54) is 18.3 Å². The fourth-order valence-corrected chi connectivity index (χ4v) is 5.58. The van der Waals surface area contributed by atoms with Crippen molar-refractivity contribution in [2.24, 2.45) is 0 Å². The van der Waals surface area contributed by atoms with E-state index in [0.29, 0.717) is 6.54 Å². The van der Waals surface area contributed by atoms with Crippen LogP contribution in [0.15, 0.2) is 58.9 Å². The molecule has 0 saturated carbocycles. The summed E-state index contributed by atoms with van der Waals surface area (Å²) in [6.45, 7) is 1.13. The van der Waals surface area contributed by atoms with E-state index < -0.39 is 20.7 Å². The SMILES string of the molecule is O=S(=O)(Nc1nccs1)c1cc(Cl)c(NCC2NCCC=C2c2ccc(F)cc2)cc1F. The molecule has 1 unspecified atom stereocenters. The number of aromatic nitrogens is 1. The molecule has 6 nitrogen and oxygen atoms in total. The summed E-state index contributed by atoms with van der Waals surface area (Å²) in [5, 5.41) is 8.25. The second-order valence-corrected chi connectivity index (χ2v) is 10.0. The summed E-state index contributed by atoms with van der Waals surface area (Å²) in [5.74, 6) is -1.25. The number of benzene rings is 2. The van der Waals surface area contributed by atoms with Crippen LogP contribution in [0.3, 0.4) is 0 Å². The lowest BCUT2D eigenvalue weighted by molar-refractivity contribution is 0.570. The van der Waals surface area contributed by atoms with E-state index in [2.05, 4.69) is 26.4 Å². The third-order valence-electron chi connectivity index (χ3n) is 4.91. The molecule has 0 amide bonds. The highest BCUT2D eigenvalue weighted by Crippen LogP contribution is 2.30. The normalized spacial score (nSPS) is 16.5. The van der Waals surface area contributed by atoms with Crippen LogP contribution in [0.2, 0.25) is 5.02 Å². The van der Waals surface area contributed by atoms with Gasteiger partial charge in [-0.2, -0.15) is 0 Å². The second-order valence-electron chi connectivity index (χ2n) is 7.05. The van der Waals surface area contributed by atoms with Gasteiger partial charge in [-0.25, -0.2) is 22.2 Å². The molecule has 1 aliphatic heterocycles. The Morgan fingerprint density at radius 2 is 2.00 bits per heavy atom. The molecule has 1 aliphatic rings. The molecule has 0 bridgehead atoms. The number of sulfonamides is 1. The summed E-state index contributed by atoms with van der Waals surface area (Å²) in [7, 11) is -4.18. The zero-order chi connectivity index (χ0) is 22.7. The van der Waals surface area contributed by atoms with E-state index in [9.17, 15) is 17.2 Å². The lowest BCUT2D eigenvalue weighted by Gasteiger charge is -2.27. The second kappa shape index (κ2) is 9.53. The maximum Gasteiger partial charge on any atom is 0.266 e. The van der Waals surface area contributed by atoms with Gasteiger partial charge in [-0.1, -0.05) is 29.8 Å². The van der Waals surface area contributed by atoms with Gasteiger partial charge in [0.2, 0.25) is 0 Å². The molecule has 2 heterocycles. The van der Waals surface area contributed by atoms with Crippen LogP contribution in [-0.2, 0) is 10.0 Å². The fourth-order valence-electron chi connectivity index (χ4n) is 3.41. The molecule has 168 valence electrons. The first-order chi connectivity index (χ1) is 15.3. The average Bonchev–Trinajstić information content (AvgIpc) is 3.27. The monoisotopic (exact) mass is 496 g/mol. The summed E-state index contributed by atoms with van der Waals surface area (Å²) in [6.07, 6.45) is 4.35. The Morgan fingerprint density at radius 1 is 1.22 bits per heavy atom. The van der Waals surface area contributed by atoms with Gasteiger partial charge in [0.15, 0.2) is 5.13 Å². The molecule has 0 radical (unpaired) electrons. The van der Waals surface area contributed by atoms with E-state index in [4.69, 9.17) is 11.6 Å². The summed E-state index contributed by atoms with van der Waals surface area (Å²) in [5.41, 5.74) is 2.15. The Bertz CT molecular complexity index is 1230. The van der Waals surface area contributed by atoms with E-state index in [1.807, 2.05) is 0 Å². The Morgan fingerprint density at radius 3 is 2.72 bits per heavy atom. The number of anilines is 2. The van der Waals surface area contributed by atoms with Crippen LogP contribution in [0.1, 0.15) is 12.0 Å².